The monoisotopic (exact) mass is 382 g/mol. The van der Waals surface area contributed by atoms with Crippen LogP contribution in [0.2, 0.25) is 5.15 Å². The standard InChI is InChI=1S/C21H23ClN4O/c1-16-19(20(22)26(24-16)18-12-7-4-8-13-18)21(27)23-14-9-15-25(2)17-10-5-3-6-11-17/h3-8,10-13H,9,14-15H2,1-2H3,(H,23,27). The van der Waals surface area contributed by atoms with Crippen LogP contribution in [0, 0.1) is 6.92 Å². The lowest BCUT2D eigenvalue weighted by atomic mass is 10.2. The Bertz CT molecular complexity index is 893. The van der Waals surface area contributed by atoms with Crippen LogP contribution in [0.1, 0.15) is 22.5 Å². The normalized spacial score (nSPS) is 10.6. The quantitative estimate of drug-likeness (QED) is 0.626. The first-order valence-corrected chi connectivity index (χ1v) is 9.30. The van der Waals surface area contributed by atoms with Gasteiger partial charge >= 0.3 is 0 Å². The Morgan fingerprint density at radius 1 is 1.11 bits per heavy atom. The maximum atomic E-state index is 12.6. The molecule has 1 N–H and O–H groups in total. The van der Waals surface area contributed by atoms with Gasteiger partial charge in [-0.3, -0.25) is 4.79 Å². The zero-order valence-electron chi connectivity index (χ0n) is 15.5. The topological polar surface area (TPSA) is 50.2 Å². The second kappa shape index (κ2) is 8.73. The maximum absolute atomic E-state index is 12.6. The summed E-state index contributed by atoms with van der Waals surface area (Å²) in [4.78, 5) is 14.7. The van der Waals surface area contributed by atoms with Gasteiger partial charge in [0, 0.05) is 25.8 Å². The minimum absolute atomic E-state index is 0.193. The van der Waals surface area contributed by atoms with Gasteiger partial charge in [-0.05, 0) is 37.6 Å². The molecule has 3 rings (SSSR count). The second-order valence-corrected chi connectivity index (χ2v) is 6.72. The molecule has 0 bridgehead atoms. The number of hydrogen-bond donors (Lipinski definition) is 1. The van der Waals surface area contributed by atoms with E-state index in [1.807, 2.05) is 55.6 Å². The molecule has 0 atom stereocenters. The van der Waals surface area contributed by atoms with Crippen LogP contribution >= 0.6 is 11.6 Å². The van der Waals surface area contributed by atoms with E-state index in [2.05, 4.69) is 27.4 Å². The van der Waals surface area contributed by atoms with Crippen molar-refractivity contribution in [2.75, 3.05) is 25.0 Å². The predicted molar refractivity (Wildman–Crippen MR) is 110 cm³/mol. The van der Waals surface area contributed by atoms with E-state index in [1.54, 1.807) is 11.6 Å². The zero-order valence-corrected chi connectivity index (χ0v) is 16.3. The maximum Gasteiger partial charge on any atom is 0.256 e. The van der Waals surface area contributed by atoms with Crippen molar-refractivity contribution < 1.29 is 4.79 Å². The molecule has 0 unspecified atom stereocenters. The molecule has 0 aliphatic rings. The molecular weight excluding hydrogens is 360 g/mol. The molecule has 0 saturated heterocycles. The third-order valence-corrected chi connectivity index (χ3v) is 4.73. The molecule has 2 aromatic carbocycles. The highest BCUT2D eigenvalue weighted by molar-refractivity contribution is 6.33. The highest BCUT2D eigenvalue weighted by atomic mass is 35.5. The van der Waals surface area contributed by atoms with E-state index >= 15 is 0 Å². The van der Waals surface area contributed by atoms with Crippen molar-refractivity contribution in [3.05, 3.63) is 77.1 Å². The van der Waals surface area contributed by atoms with Gasteiger partial charge < -0.3 is 10.2 Å². The molecule has 0 radical (unpaired) electrons. The molecule has 3 aromatic rings. The van der Waals surface area contributed by atoms with Crippen LogP contribution in [-0.4, -0.2) is 35.8 Å². The van der Waals surface area contributed by atoms with E-state index in [4.69, 9.17) is 11.6 Å². The number of aromatic nitrogens is 2. The van der Waals surface area contributed by atoms with Crippen LogP contribution in [0.15, 0.2) is 60.7 Å². The van der Waals surface area contributed by atoms with Crippen LogP contribution < -0.4 is 10.2 Å². The van der Waals surface area contributed by atoms with Gasteiger partial charge in [0.25, 0.3) is 5.91 Å². The van der Waals surface area contributed by atoms with E-state index in [-0.39, 0.29) is 5.91 Å². The first-order valence-electron chi connectivity index (χ1n) is 8.93. The number of anilines is 1. The van der Waals surface area contributed by atoms with Crippen molar-refractivity contribution in [1.82, 2.24) is 15.1 Å². The molecule has 140 valence electrons. The SMILES string of the molecule is Cc1nn(-c2ccccc2)c(Cl)c1C(=O)NCCCN(C)c1ccccc1. The van der Waals surface area contributed by atoms with E-state index in [9.17, 15) is 4.79 Å². The summed E-state index contributed by atoms with van der Waals surface area (Å²) >= 11 is 6.43. The summed E-state index contributed by atoms with van der Waals surface area (Å²) in [6.45, 7) is 3.21. The van der Waals surface area contributed by atoms with E-state index in [0.717, 1.165) is 24.3 Å². The smallest absolute Gasteiger partial charge is 0.256 e. The largest absolute Gasteiger partial charge is 0.375 e. The molecule has 0 fully saturated rings. The number of hydrogen-bond acceptors (Lipinski definition) is 3. The number of nitrogens with zero attached hydrogens (tertiary/aromatic N) is 3. The number of halogens is 1. The Labute approximate surface area is 164 Å². The molecule has 0 spiro atoms. The summed E-state index contributed by atoms with van der Waals surface area (Å²) in [5.41, 5.74) is 3.03. The molecule has 27 heavy (non-hydrogen) atoms. The molecule has 5 nitrogen and oxygen atoms in total. The Morgan fingerprint density at radius 3 is 2.41 bits per heavy atom. The molecule has 0 saturated carbocycles. The summed E-state index contributed by atoms with van der Waals surface area (Å²) in [6, 6.07) is 19.7. The molecule has 1 aromatic heterocycles. The lowest BCUT2D eigenvalue weighted by Crippen LogP contribution is -2.28. The van der Waals surface area contributed by atoms with Crippen molar-refractivity contribution >= 4 is 23.2 Å². The van der Waals surface area contributed by atoms with E-state index < -0.39 is 0 Å². The Kier molecular flexibility index (Phi) is 6.14. The lowest BCUT2D eigenvalue weighted by molar-refractivity contribution is 0.0953. The lowest BCUT2D eigenvalue weighted by Gasteiger charge is -2.19. The Hall–Kier alpha value is -2.79. The van der Waals surface area contributed by atoms with Crippen LogP contribution in [0.4, 0.5) is 5.69 Å². The number of para-hydroxylation sites is 2. The average Bonchev–Trinajstić information content (AvgIpc) is 3.00. The third kappa shape index (κ3) is 4.49. The van der Waals surface area contributed by atoms with Gasteiger partial charge in [0.1, 0.15) is 5.15 Å². The number of nitrogens with one attached hydrogen (secondary N) is 1. The first-order chi connectivity index (χ1) is 13.1. The highest BCUT2D eigenvalue weighted by Crippen LogP contribution is 2.23. The van der Waals surface area contributed by atoms with Gasteiger partial charge in [-0.15, -0.1) is 0 Å². The minimum atomic E-state index is -0.193. The number of carbonyl (C=O) groups excluding carboxylic acids is 1. The van der Waals surface area contributed by atoms with Crippen LogP contribution in [0.25, 0.3) is 5.69 Å². The summed E-state index contributed by atoms with van der Waals surface area (Å²) in [5.74, 6) is -0.193. The van der Waals surface area contributed by atoms with Gasteiger partial charge in [-0.25, -0.2) is 4.68 Å². The average molecular weight is 383 g/mol. The Morgan fingerprint density at radius 2 is 1.74 bits per heavy atom. The summed E-state index contributed by atoms with van der Waals surface area (Å²) in [6.07, 6.45) is 0.834. The molecule has 0 aliphatic carbocycles. The van der Waals surface area contributed by atoms with Crippen molar-refractivity contribution in [3.63, 3.8) is 0 Å². The summed E-state index contributed by atoms with van der Waals surface area (Å²) in [5, 5.41) is 7.69. The highest BCUT2D eigenvalue weighted by Gasteiger charge is 2.20. The summed E-state index contributed by atoms with van der Waals surface area (Å²) in [7, 11) is 2.04. The van der Waals surface area contributed by atoms with Crippen molar-refractivity contribution in [2.24, 2.45) is 0 Å². The van der Waals surface area contributed by atoms with Crippen molar-refractivity contribution in [1.29, 1.82) is 0 Å². The van der Waals surface area contributed by atoms with E-state index in [1.165, 1.54) is 0 Å². The van der Waals surface area contributed by atoms with Gasteiger partial charge in [0.2, 0.25) is 0 Å². The number of benzene rings is 2. The minimum Gasteiger partial charge on any atom is -0.375 e. The molecule has 0 aliphatic heterocycles. The van der Waals surface area contributed by atoms with Crippen LogP contribution in [0.3, 0.4) is 0 Å². The number of amides is 1. The second-order valence-electron chi connectivity index (χ2n) is 6.37. The zero-order chi connectivity index (χ0) is 19.2. The van der Waals surface area contributed by atoms with Crippen LogP contribution in [0.5, 0.6) is 0 Å². The fraction of sp³-hybridized carbons (Fsp3) is 0.238. The van der Waals surface area contributed by atoms with Crippen molar-refractivity contribution in [2.45, 2.75) is 13.3 Å². The molecule has 1 heterocycles. The molecule has 6 heteroatoms. The number of carbonyl (C=O) groups is 1. The predicted octanol–water partition coefficient (Wildman–Crippen LogP) is 4.09. The van der Waals surface area contributed by atoms with E-state index in [0.29, 0.717) is 23.0 Å². The summed E-state index contributed by atoms with van der Waals surface area (Å²) < 4.78 is 1.59. The van der Waals surface area contributed by atoms with Gasteiger partial charge in [0.05, 0.1) is 16.9 Å². The number of rotatable bonds is 7. The molecule has 1 amide bonds. The van der Waals surface area contributed by atoms with Gasteiger partial charge in [-0.2, -0.15) is 5.10 Å². The fourth-order valence-electron chi connectivity index (χ4n) is 2.92. The molecular formula is C21H23ClN4O. The van der Waals surface area contributed by atoms with Gasteiger partial charge in [-0.1, -0.05) is 48.0 Å². The van der Waals surface area contributed by atoms with Gasteiger partial charge in [0.15, 0.2) is 0 Å². The Balaban J connectivity index is 1.58. The van der Waals surface area contributed by atoms with Crippen LogP contribution in [-0.2, 0) is 0 Å². The fourth-order valence-corrected chi connectivity index (χ4v) is 3.27. The first kappa shape index (κ1) is 19.0. The van der Waals surface area contributed by atoms with Crippen molar-refractivity contribution in [3.8, 4) is 5.69 Å². The third-order valence-electron chi connectivity index (χ3n) is 4.38. The number of aryl methyl sites for hydroxylation is 1.